The summed E-state index contributed by atoms with van der Waals surface area (Å²) in [6.45, 7) is 7.09. The van der Waals surface area contributed by atoms with Crippen LogP contribution in [0, 0.1) is 5.92 Å². The van der Waals surface area contributed by atoms with Crippen LogP contribution < -0.4 is 5.32 Å². The highest BCUT2D eigenvalue weighted by Crippen LogP contribution is 2.46. The van der Waals surface area contributed by atoms with E-state index >= 15 is 0 Å². The number of amides is 3. The molecule has 2 saturated heterocycles. The van der Waals surface area contributed by atoms with E-state index in [4.69, 9.17) is 0 Å². The fraction of sp³-hybridized carbons (Fsp3) is 0.636. The fourth-order valence-corrected chi connectivity index (χ4v) is 5.21. The Hall–Kier alpha value is -2.04. The predicted octanol–water partition coefficient (Wildman–Crippen LogP) is 2.93. The van der Waals surface area contributed by atoms with Gasteiger partial charge in [-0.3, -0.25) is 4.79 Å². The van der Waals surface area contributed by atoms with Crippen LogP contribution in [-0.2, 0) is 16.6 Å². The van der Waals surface area contributed by atoms with Crippen molar-refractivity contribution in [3.63, 3.8) is 0 Å². The number of nitrogens with one attached hydrogen (secondary N) is 1. The number of carbonyl (C=O) groups is 2. The summed E-state index contributed by atoms with van der Waals surface area (Å²) in [4.78, 5) is 28.5. The number of hydrogen-bond donors (Lipinski definition) is 1. The highest BCUT2D eigenvalue weighted by molar-refractivity contribution is 5.79. The van der Waals surface area contributed by atoms with Crippen molar-refractivity contribution in [2.45, 2.75) is 57.4 Å². The Balaban J connectivity index is 1.28. The average Bonchev–Trinajstić information content (AvgIpc) is 3.22. The van der Waals surface area contributed by atoms with Gasteiger partial charge in [0.15, 0.2) is 0 Å². The highest BCUT2D eigenvalue weighted by atomic mass is 16.2. The van der Waals surface area contributed by atoms with Crippen LogP contribution in [0.5, 0.6) is 0 Å². The molecular weight excluding hydrogens is 338 g/mol. The Labute approximate surface area is 162 Å². The van der Waals surface area contributed by atoms with Gasteiger partial charge in [0.05, 0.1) is 0 Å². The molecule has 0 bridgehead atoms. The molecule has 1 aromatic carbocycles. The van der Waals surface area contributed by atoms with Crippen LogP contribution >= 0.6 is 0 Å². The van der Waals surface area contributed by atoms with Crippen LogP contribution in [0.4, 0.5) is 4.79 Å². The van der Waals surface area contributed by atoms with Gasteiger partial charge < -0.3 is 15.1 Å². The third-order valence-electron chi connectivity index (χ3n) is 6.87. The molecule has 2 heterocycles. The lowest BCUT2D eigenvalue weighted by Gasteiger charge is -2.40. The van der Waals surface area contributed by atoms with E-state index in [-0.39, 0.29) is 29.3 Å². The summed E-state index contributed by atoms with van der Waals surface area (Å²) in [6, 6.07) is 9.10. The Morgan fingerprint density at radius 2 is 1.96 bits per heavy atom. The summed E-state index contributed by atoms with van der Waals surface area (Å²) in [6.07, 6.45) is 5.06. The number of benzene rings is 1. The second-order valence-corrected chi connectivity index (χ2v) is 8.82. The van der Waals surface area contributed by atoms with E-state index in [1.807, 2.05) is 23.6 Å². The number of rotatable bonds is 3. The summed E-state index contributed by atoms with van der Waals surface area (Å²) in [5.74, 6) is 0.450. The largest absolute Gasteiger partial charge is 0.340 e. The Morgan fingerprint density at radius 1 is 1.22 bits per heavy atom. The van der Waals surface area contributed by atoms with Gasteiger partial charge in [0.1, 0.15) is 0 Å². The highest BCUT2D eigenvalue weighted by Gasteiger charge is 2.41. The summed E-state index contributed by atoms with van der Waals surface area (Å²) in [5, 5.41) is 3.08. The van der Waals surface area contributed by atoms with Gasteiger partial charge in [0, 0.05) is 44.6 Å². The smallest absolute Gasteiger partial charge is 0.317 e. The van der Waals surface area contributed by atoms with Gasteiger partial charge in [-0.15, -0.1) is 0 Å². The van der Waals surface area contributed by atoms with Crippen LogP contribution in [0.2, 0.25) is 0 Å². The minimum atomic E-state index is 0.0339. The molecular formula is C22H31N3O2. The maximum atomic E-state index is 12.6. The Bertz CT molecular complexity index is 722. The predicted molar refractivity (Wildman–Crippen MR) is 106 cm³/mol. The van der Waals surface area contributed by atoms with Gasteiger partial charge in [-0.05, 0) is 56.1 Å². The average molecular weight is 370 g/mol. The van der Waals surface area contributed by atoms with Crippen LogP contribution in [0.15, 0.2) is 24.3 Å². The lowest BCUT2D eigenvalue weighted by atomic mass is 9.74. The molecule has 5 nitrogen and oxygen atoms in total. The minimum absolute atomic E-state index is 0.0339. The zero-order valence-corrected chi connectivity index (χ0v) is 16.5. The minimum Gasteiger partial charge on any atom is -0.340 e. The number of hydrogen-bond acceptors (Lipinski definition) is 2. The molecule has 4 rings (SSSR count). The van der Waals surface area contributed by atoms with Gasteiger partial charge in [-0.25, -0.2) is 4.79 Å². The second kappa shape index (κ2) is 7.17. The summed E-state index contributed by atoms with van der Waals surface area (Å²) in [5.41, 5.74) is 3.29. The first-order chi connectivity index (χ1) is 13.0. The van der Waals surface area contributed by atoms with E-state index in [0.29, 0.717) is 13.0 Å². The molecule has 2 aliphatic heterocycles. The van der Waals surface area contributed by atoms with Crippen molar-refractivity contribution in [1.82, 2.24) is 15.1 Å². The maximum Gasteiger partial charge on any atom is 0.317 e. The monoisotopic (exact) mass is 369 g/mol. The zero-order valence-electron chi connectivity index (χ0n) is 16.5. The topological polar surface area (TPSA) is 52.7 Å². The van der Waals surface area contributed by atoms with E-state index in [9.17, 15) is 9.59 Å². The molecule has 0 aromatic heterocycles. The lowest BCUT2D eigenvalue weighted by molar-refractivity contribution is -0.129. The van der Waals surface area contributed by atoms with Crippen LogP contribution in [0.3, 0.4) is 0 Å². The molecule has 27 heavy (non-hydrogen) atoms. The quantitative estimate of drug-likeness (QED) is 0.891. The van der Waals surface area contributed by atoms with Crippen molar-refractivity contribution in [1.29, 1.82) is 0 Å². The first kappa shape index (κ1) is 18.3. The molecule has 146 valence electrons. The SMILES string of the molecule is CC(C)N1C[C@H](CNC(=O)N2CCC3(CCc4ccccc43)CC2)CC1=O. The number of urea groups is 1. The molecule has 5 heteroatoms. The molecule has 1 atom stereocenters. The van der Waals surface area contributed by atoms with Crippen LogP contribution in [0.1, 0.15) is 50.7 Å². The Kier molecular flexibility index (Phi) is 4.87. The molecule has 2 fully saturated rings. The van der Waals surface area contributed by atoms with Crippen molar-refractivity contribution in [2.75, 3.05) is 26.2 Å². The fourth-order valence-electron chi connectivity index (χ4n) is 5.21. The first-order valence-corrected chi connectivity index (χ1v) is 10.4. The van der Waals surface area contributed by atoms with Gasteiger partial charge in [0.25, 0.3) is 0 Å². The third kappa shape index (κ3) is 3.44. The summed E-state index contributed by atoms with van der Waals surface area (Å²) < 4.78 is 0. The molecule has 3 amide bonds. The van der Waals surface area contributed by atoms with Crippen LogP contribution in [0.25, 0.3) is 0 Å². The molecule has 1 aromatic rings. The molecule has 0 radical (unpaired) electrons. The number of carbonyl (C=O) groups excluding carboxylic acids is 2. The number of piperidine rings is 1. The Morgan fingerprint density at radius 3 is 2.67 bits per heavy atom. The second-order valence-electron chi connectivity index (χ2n) is 8.82. The standard InChI is InChI=1S/C22H31N3O2/c1-16(2)25-15-17(13-20(25)26)14-23-21(27)24-11-9-22(10-12-24)8-7-18-5-3-4-6-19(18)22/h3-6,16-17H,7-15H2,1-2H3,(H,23,27)/t17-/m0/s1. The normalized spacial score (nSPS) is 24.0. The molecule has 1 N–H and O–H groups in total. The van der Waals surface area contributed by atoms with Gasteiger partial charge >= 0.3 is 6.03 Å². The molecule has 3 aliphatic rings. The van der Waals surface area contributed by atoms with Crippen molar-refractivity contribution < 1.29 is 9.59 Å². The number of likely N-dealkylation sites (tertiary alicyclic amines) is 2. The zero-order chi connectivity index (χ0) is 19.0. The van der Waals surface area contributed by atoms with Crippen molar-refractivity contribution >= 4 is 11.9 Å². The molecule has 0 unspecified atom stereocenters. The third-order valence-corrected chi connectivity index (χ3v) is 6.87. The van der Waals surface area contributed by atoms with E-state index in [0.717, 1.165) is 32.5 Å². The molecule has 1 spiro atoms. The molecule has 1 aliphatic carbocycles. The van der Waals surface area contributed by atoms with Crippen molar-refractivity contribution in [2.24, 2.45) is 5.92 Å². The number of nitrogens with zero attached hydrogens (tertiary/aromatic N) is 2. The van der Waals surface area contributed by atoms with Gasteiger partial charge in [-0.2, -0.15) is 0 Å². The summed E-state index contributed by atoms with van der Waals surface area (Å²) in [7, 11) is 0. The van der Waals surface area contributed by atoms with Crippen molar-refractivity contribution in [3.8, 4) is 0 Å². The van der Waals surface area contributed by atoms with E-state index in [1.54, 1.807) is 0 Å². The molecule has 0 saturated carbocycles. The van der Waals surface area contributed by atoms with E-state index in [2.05, 4.69) is 29.6 Å². The van der Waals surface area contributed by atoms with Crippen molar-refractivity contribution in [3.05, 3.63) is 35.4 Å². The summed E-state index contributed by atoms with van der Waals surface area (Å²) >= 11 is 0. The number of fused-ring (bicyclic) bond motifs is 2. The first-order valence-electron chi connectivity index (χ1n) is 10.4. The number of aryl methyl sites for hydroxylation is 1. The van der Waals surface area contributed by atoms with E-state index < -0.39 is 0 Å². The lowest BCUT2D eigenvalue weighted by Crippen LogP contribution is -2.49. The van der Waals surface area contributed by atoms with E-state index in [1.165, 1.54) is 24.0 Å². The van der Waals surface area contributed by atoms with Gasteiger partial charge in [-0.1, -0.05) is 24.3 Å². The van der Waals surface area contributed by atoms with Gasteiger partial charge in [0.2, 0.25) is 5.91 Å². The maximum absolute atomic E-state index is 12.6. The van der Waals surface area contributed by atoms with Crippen LogP contribution in [-0.4, -0.2) is 54.0 Å².